The van der Waals surface area contributed by atoms with Gasteiger partial charge in [0.1, 0.15) is 6.17 Å². The fourth-order valence-corrected chi connectivity index (χ4v) is 6.19. The minimum atomic E-state index is 0.642. The monoisotopic (exact) mass is 533 g/mol. The van der Waals surface area contributed by atoms with Crippen LogP contribution in [0.1, 0.15) is 201 Å². The molecule has 1 aliphatic heterocycles. The van der Waals surface area contributed by atoms with E-state index in [-0.39, 0.29) is 0 Å². The number of hydrogen-bond acceptors (Lipinski definition) is 2. The molecule has 1 unspecified atom stereocenters. The predicted octanol–water partition coefficient (Wildman–Crippen LogP) is 12.4. The third kappa shape index (κ3) is 20.3. The van der Waals surface area contributed by atoms with E-state index in [2.05, 4.69) is 43.0 Å². The van der Waals surface area contributed by atoms with Crippen LogP contribution in [0.4, 0.5) is 0 Å². The van der Waals surface area contributed by atoms with Crippen LogP contribution in [0.15, 0.2) is 12.4 Å². The van der Waals surface area contributed by atoms with E-state index < -0.39 is 0 Å². The summed E-state index contributed by atoms with van der Waals surface area (Å²) in [6.07, 6.45) is 45.5. The Bertz CT molecular complexity index is 488. The Kier molecular flexibility index (Phi) is 26.0. The summed E-state index contributed by atoms with van der Waals surface area (Å²) < 4.78 is 0. The molecule has 2 heteroatoms. The Morgan fingerprint density at radius 3 is 0.921 bits per heavy atom. The maximum absolute atomic E-state index is 2.70. The second kappa shape index (κ2) is 27.9. The molecule has 0 bridgehead atoms. The molecule has 0 aromatic carbocycles. The smallest absolute Gasteiger partial charge is 0.101 e. The van der Waals surface area contributed by atoms with Gasteiger partial charge in [0.15, 0.2) is 0 Å². The largest absolute Gasteiger partial charge is 0.356 e. The second-order valence-electron chi connectivity index (χ2n) is 12.5. The molecule has 1 rings (SSSR count). The summed E-state index contributed by atoms with van der Waals surface area (Å²) in [6.45, 7) is 9.48. The Labute approximate surface area is 241 Å². The summed E-state index contributed by atoms with van der Waals surface area (Å²) in [5, 5.41) is 0. The van der Waals surface area contributed by atoms with Crippen molar-refractivity contribution in [2.24, 2.45) is 0 Å². The van der Waals surface area contributed by atoms with E-state index in [1.54, 1.807) is 0 Å². The minimum Gasteiger partial charge on any atom is -0.356 e. The molecular formula is C36H72N2. The Balaban J connectivity index is 2.20. The highest BCUT2D eigenvalue weighted by molar-refractivity contribution is 4.97. The van der Waals surface area contributed by atoms with Crippen LogP contribution < -0.4 is 0 Å². The first kappa shape index (κ1) is 35.4. The van der Waals surface area contributed by atoms with E-state index >= 15 is 0 Å². The lowest BCUT2D eigenvalue weighted by Crippen LogP contribution is -2.39. The van der Waals surface area contributed by atoms with Crippen molar-refractivity contribution in [3.63, 3.8) is 0 Å². The molecule has 1 heterocycles. The van der Waals surface area contributed by atoms with Crippen LogP contribution in [-0.4, -0.2) is 29.1 Å². The molecule has 0 radical (unpaired) electrons. The summed E-state index contributed by atoms with van der Waals surface area (Å²) in [6, 6.07) is 0. The van der Waals surface area contributed by atoms with Gasteiger partial charge in [0.2, 0.25) is 0 Å². The SMILES string of the molecule is CCCCCCCCCCCCCCN1C=CN(CCCCCCCCCCC)C1CCCCCCCC. The van der Waals surface area contributed by atoms with E-state index in [0.717, 1.165) is 0 Å². The first-order valence-electron chi connectivity index (χ1n) is 18.0. The summed E-state index contributed by atoms with van der Waals surface area (Å²) in [4.78, 5) is 5.41. The van der Waals surface area contributed by atoms with Gasteiger partial charge >= 0.3 is 0 Å². The zero-order chi connectivity index (χ0) is 27.4. The average molecular weight is 533 g/mol. The van der Waals surface area contributed by atoms with Crippen LogP contribution in [0.25, 0.3) is 0 Å². The maximum Gasteiger partial charge on any atom is 0.101 e. The first-order valence-corrected chi connectivity index (χ1v) is 18.0. The average Bonchev–Trinajstić information content (AvgIpc) is 3.31. The standard InChI is InChI=1S/C36H72N2/c1-4-7-10-13-16-18-19-20-22-24-27-30-33-38-35-34-37(36(38)31-28-25-15-12-9-6-3)32-29-26-23-21-17-14-11-8-5-2/h34-36H,4-33H2,1-3H3. The van der Waals surface area contributed by atoms with Crippen LogP contribution >= 0.6 is 0 Å². The topological polar surface area (TPSA) is 6.48 Å². The number of nitrogens with zero attached hydrogens (tertiary/aromatic N) is 2. The highest BCUT2D eigenvalue weighted by Gasteiger charge is 2.24. The van der Waals surface area contributed by atoms with Crippen molar-refractivity contribution in [1.29, 1.82) is 0 Å². The Hall–Kier alpha value is -0.660. The van der Waals surface area contributed by atoms with Crippen molar-refractivity contribution in [2.45, 2.75) is 207 Å². The molecule has 0 aromatic heterocycles. The third-order valence-corrected chi connectivity index (χ3v) is 8.82. The summed E-state index contributed by atoms with van der Waals surface area (Å²) >= 11 is 0. The maximum atomic E-state index is 2.70. The fourth-order valence-electron chi connectivity index (χ4n) is 6.19. The van der Waals surface area contributed by atoms with Gasteiger partial charge in [-0.3, -0.25) is 0 Å². The van der Waals surface area contributed by atoms with Gasteiger partial charge in [-0.25, -0.2) is 0 Å². The first-order chi connectivity index (χ1) is 18.8. The summed E-state index contributed by atoms with van der Waals surface area (Å²) in [5.74, 6) is 0. The lowest BCUT2D eigenvalue weighted by atomic mass is 10.0. The van der Waals surface area contributed by atoms with Crippen LogP contribution in [0, 0.1) is 0 Å². The lowest BCUT2D eigenvalue weighted by molar-refractivity contribution is 0.135. The Morgan fingerprint density at radius 1 is 0.342 bits per heavy atom. The molecule has 0 aliphatic carbocycles. The third-order valence-electron chi connectivity index (χ3n) is 8.82. The van der Waals surface area contributed by atoms with Crippen molar-refractivity contribution in [3.8, 4) is 0 Å². The van der Waals surface area contributed by atoms with Crippen molar-refractivity contribution >= 4 is 0 Å². The quantitative estimate of drug-likeness (QED) is 0.0848. The van der Waals surface area contributed by atoms with Gasteiger partial charge in [-0.1, -0.05) is 175 Å². The molecule has 0 saturated heterocycles. The lowest BCUT2D eigenvalue weighted by Gasteiger charge is -2.33. The molecule has 0 spiro atoms. The van der Waals surface area contributed by atoms with Gasteiger partial charge in [-0.15, -0.1) is 0 Å². The molecule has 38 heavy (non-hydrogen) atoms. The Morgan fingerprint density at radius 2 is 0.605 bits per heavy atom. The fraction of sp³-hybridized carbons (Fsp3) is 0.944. The van der Waals surface area contributed by atoms with Crippen LogP contribution in [-0.2, 0) is 0 Å². The number of hydrogen-bond donors (Lipinski definition) is 0. The molecule has 0 saturated carbocycles. The summed E-state index contributed by atoms with van der Waals surface area (Å²) in [5.41, 5.74) is 0. The molecule has 0 aromatic rings. The molecule has 226 valence electrons. The molecule has 0 N–H and O–H groups in total. The molecule has 1 aliphatic rings. The van der Waals surface area contributed by atoms with Gasteiger partial charge in [0, 0.05) is 25.5 Å². The summed E-state index contributed by atoms with van der Waals surface area (Å²) in [7, 11) is 0. The van der Waals surface area contributed by atoms with E-state index in [1.165, 1.54) is 193 Å². The van der Waals surface area contributed by atoms with E-state index in [1.807, 2.05) is 0 Å². The van der Waals surface area contributed by atoms with Crippen molar-refractivity contribution in [1.82, 2.24) is 9.80 Å². The van der Waals surface area contributed by atoms with Crippen LogP contribution in [0.3, 0.4) is 0 Å². The number of unbranched alkanes of at least 4 members (excludes halogenated alkanes) is 24. The minimum absolute atomic E-state index is 0.642. The highest BCUT2D eigenvalue weighted by atomic mass is 15.4. The van der Waals surface area contributed by atoms with E-state index in [4.69, 9.17) is 0 Å². The van der Waals surface area contributed by atoms with Crippen molar-refractivity contribution < 1.29 is 0 Å². The van der Waals surface area contributed by atoms with Crippen LogP contribution in [0.5, 0.6) is 0 Å². The van der Waals surface area contributed by atoms with Crippen LogP contribution in [0.2, 0.25) is 0 Å². The predicted molar refractivity (Wildman–Crippen MR) is 173 cm³/mol. The van der Waals surface area contributed by atoms with Gasteiger partial charge in [-0.2, -0.15) is 0 Å². The zero-order valence-corrected chi connectivity index (χ0v) is 26.8. The molecule has 0 amide bonds. The number of rotatable bonds is 30. The molecule has 2 nitrogen and oxygen atoms in total. The highest BCUT2D eigenvalue weighted by Crippen LogP contribution is 2.24. The zero-order valence-electron chi connectivity index (χ0n) is 26.8. The van der Waals surface area contributed by atoms with Crippen molar-refractivity contribution in [3.05, 3.63) is 12.4 Å². The molecule has 1 atom stereocenters. The van der Waals surface area contributed by atoms with E-state index in [9.17, 15) is 0 Å². The normalized spacial score (nSPS) is 15.3. The molecule has 0 fully saturated rings. The van der Waals surface area contributed by atoms with Gasteiger partial charge in [0.25, 0.3) is 0 Å². The van der Waals surface area contributed by atoms with Crippen molar-refractivity contribution in [2.75, 3.05) is 13.1 Å². The molecular weight excluding hydrogens is 460 g/mol. The second-order valence-corrected chi connectivity index (χ2v) is 12.5. The van der Waals surface area contributed by atoms with Gasteiger partial charge < -0.3 is 9.80 Å². The van der Waals surface area contributed by atoms with Gasteiger partial charge in [0.05, 0.1) is 0 Å². The van der Waals surface area contributed by atoms with Gasteiger partial charge in [-0.05, 0) is 25.7 Å². The van der Waals surface area contributed by atoms with E-state index in [0.29, 0.717) is 6.17 Å².